The lowest BCUT2D eigenvalue weighted by Gasteiger charge is -2.30. The van der Waals surface area contributed by atoms with Crippen molar-refractivity contribution >= 4 is 10.0 Å². The highest BCUT2D eigenvalue weighted by atomic mass is 32.2. The fourth-order valence-corrected chi connectivity index (χ4v) is 4.09. The number of rotatable bonds is 4. The van der Waals surface area contributed by atoms with Gasteiger partial charge in [0.15, 0.2) is 5.03 Å². The molecule has 0 atom stereocenters. The molecule has 1 aromatic carbocycles. The van der Waals surface area contributed by atoms with Crippen molar-refractivity contribution in [2.75, 3.05) is 13.1 Å². The van der Waals surface area contributed by atoms with Gasteiger partial charge in [-0.15, -0.1) is 0 Å². The van der Waals surface area contributed by atoms with Crippen LogP contribution in [0.15, 0.2) is 41.8 Å². The highest BCUT2D eigenvalue weighted by Crippen LogP contribution is 2.23. The van der Waals surface area contributed by atoms with E-state index in [4.69, 9.17) is 4.74 Å². The van der Waals surface area contributed by atoms with Crippen molar-refractivity contribution in [3.05, 3.63) is 42.4 Å². The third-order valence-electron chi connectivity index (χ3n) is 4.01. The zero-order valence-electron chi connectivity index (χ0n) is 13.3. The maximum atomic E-state index is 12.5. The minimum atomic E-state index is -3.50. The summed E-state index contributed by atoms with van der Waals surface area (Å²) in [6.45, 7) is 2.94. The minimum absolute atomic E-state index is 0.0490. The van der Waals surface area contributed by atoms with Crippen LogP contribution in [0.4, 0.5) is 0 Å². The molecular formula is C16H21N3O3S. The first kappa shape index (κ1) is 16.0. The van der Waals surface area contributed by atoms with Gasteiger partial charge in [-0.05, 0) is 31.9 Å². The van der Waals surface area contributed by atoms with Crippen LogP contribution in [0.5, 0.6) is 5.75 Å². The highest BCUT2D eigenvalue weighted by molar-refractivity contribution is 7.89. The summed E-state index contributed by atoms with van der Waals surface area (Å²) in [4.78, 5) is 3.96. The fraction of sp³-hybridized carbons (Fsp3) is 0.438. The summed E-state index contributed by atoms with van der Waals surface area (Å²) in [7, 11) is -1.74. The predicted octanol–water partition coefficient (Wildman–Crippen LogP) is 1.96. The molecule has 6 nitrogen and oxygen atoms in total. The van der Waals surface area contributed by atoms with Crippen molar-refractivity contribution in [3.63, 3.8) is 0 Å². The van der Waals surface area contributed by atoms with Gasteiger partial charge in [0.25, 0.3) is 10.0 Å². The second-order valence-corrected chi connectivity index (χ2v) is 7.80. The first-order valence-electron chi connectivity index (χ1n) is 7.66. The molecule has 0 amide bonds. The third kappa shape index (κ3) is 3.56. The Hall–Kier alpha value is -1.86. The minimum Gasteiger partial charge on any atom is -0.490 e. The normalized spacial score (nSPS) is 17.3. The van der Waals surface area contributed by atoms with E-state index in [-0.39, 0.29) is 11.1 Å². The second-order valence-electron chi connectivity index (χ2n) is 5.91. The molecule has 0 bridgehead atoms. The topological polar surface area (TPSA) is 64.4 Å². The molecule has 2 aromatic rings. The summed E-state index contributed by atoms with van der Waals surface area (Å²) in [5.41, 5.74) is 1.19. The van der Waals surface area contributed by atoms with E-state index in [9.17, 15) is 8.42 Å². The average Bonchev–Trinajstić information content (AvgIpc) is 2.98. The van der Waals surface area contributed by atoms with Crippen molar-refractivity contribution in [1.29, 1.82) is 0 Å². The number of sulfonamides is 1. The van der Waals surface area contributed by atoms with Crippen LogP contribution in [0.25, 0.3) is 0 Å². The molecule has 0 aliphatic carbocycles. The maximum Gasteiger partial charge on any atom is 0.262 e. The number of aromatic nitrogens is 2. The molecule has 124 valence electrons. The van der Waals surface area contributed by atoms with Gasteiger partial charge >= 0.3 is 0 Å². The number of aryl methyl sites for hydroxylation is 2. The average molecular weight is 335 g/mol. The summed E-state index contributed by atoms with van der Waals surface area (Å²) in [6, 6.07) is 7.92. The molecular weight excluding hydrogens is 314 g/mol. The summed E-state index contributed by atoms with van der Waals surface area (Å²) in [5, 5.41) is 0.109. The van der Waals surface area contributed by atoms with Crippen LogP contribution in [0, 0.1) is 6.92 Å². The molecule has 0 spiro atoms. The SMILES string of the molecule is Cc1ccc(OC2CCN(S(=O)(=O)c3cn(C)cn3)CC2)cc1. The zero-order valence-corrected chi connectivity index (χ0v) is 14.2. The molecule has 1 aliphatic heterocycles. The molecule has 0 radical (unpaired) electrons. The van der Waals surface area contributed by atoms with E-state index < -0.39 is 10.0 Å². The van der Waals surface area contributed by atoms with Gasteiger partial charge in [-0.1, -0.05) is 17.7 Å². The Bertz CT molecular complexity index is 760. The number of hydrogen-bond donors (Lipinski definition) is 0. The van der Waals surface area contributed by atoms with Gasteiger partial charge in [-0.25, -0.2) is 13.4 Å². The second kappa shape index (κ2) is 6.33. The summed E-state index contributed by atoms with van der Waals surface area (Å²) in [5.74, 6) is 0.835. The van der Waals surface area contributed by atoms with Gasteiger partial charge in [-0.2, -0.15) is 4.31 Å². The molecule has 0 unspecified atom stereocenters. The number of imidazole rings is 1. The van der Waals surface area contributed by atoms with Gasteiger partial charge in [0.05, 0.1) is 6.33 Å². The Morgan fingerprint density at radius 2 is 1.83 bits per heavy atom. The van der Waals surface area contributed by atoms with Gasteiger partial charge in [0, 0.05) is 26.3 Å². The first-order chi connectivity index (χ1) is 10.9. The van der Waals surface area contributed by atoms with Crippen LogP contribution in [0.3, 0.4) is 0 Å². The van der Waals surface area contributed by atoms with Crippen LogP contribution < -0.4 is 4.74 Å². The van der Waals surface area contributed by atoms with Crippen molar-refractivity contribution in [2.24, 2.45) is 7.05 Å². The van der Waals surface area contributed by atoms with Gasteiger partial charge in [0.2, 0.25) is 0 Å². The molecule has 1 aromatic heterocycles. The Kier molecular flexibility index (Phi) is 4.41. The monoisotopic (exact) mass is 335 g/mol. The van der Waals surface area contributed by atoms with E-state index in [1.54, 1.807) is 11.6 Å². The molecule has 23 heavy (non-hydrogen) atoms. The first-order valence-corrected chi connectivity index (χ1v) is 9.10. The fourth-order valence-electron chi connectivity index (χ4n) is 2.65. The molecule has 1 fully saturated rings. The van der Waals surface area contributed by atoms with E-state index in [0.29, 0.717) is 25.9 Å². The molecule has 1 saturated heterocycles. The zero-order chi connectivity index (χ0) is 16.4. The summed E-state index contributed by atoms with van der Waals surface area (Å²) >= 11 is 0. The van der Waals surface area contributed by atoms with E-state index in [0.717, 1.165) is 5.75 Å². The van der Waals surface area contributed by atoms with Crippen molar-refractivity contribution in [3.8, 4) is 5.75 Å². The van der Waals surface area contributed by atoms with Gasteiger partial charge in [-0.3, -0.25) is 0 Å². The standard InChI is InChI=1S/C16H21N3O3S/c1-13-3-5-14(6-4-13)22-15-7-9-19(10-8-15)23(20,21)16-11-18(2)12-17-16/h3-6,11-12,15H,7-10H2,1-2H3. The quantitative estimate of drug-likeness (QED) is 0.857. The third-order valence-corrected chi connectivity index (χ3v) is 5.79. The summed E-state index contributed by atoms with van der Waals surface area (Å²) in [6.07, 6.45) is 4.44. The molecule has 0 N–H and O–H groups in total. The molecule has 1 aliphatic rings. The predicted molar refractivity (Wildman–Crippen MR) is 86.8 cm³/mol. The number of benzene rings is 1. The molecule has 0 saturated carbocycles. The van der Waals surface area contributed by atoms with Crippen LogP contribution >= 0.6 is 0 Å². The lowest BCUT2D eigenvalue weighted by molar-refractivity contribution is 0.135. The number of hydrogen-bond acceptors (Lipinski definition) is 4. The lowest BCUT2D eigenvalue weighted by Crippen LogP contribution is -2.41. The van der Waals surface area contributed by atoms with Crippen LogP contribution in [0.1, 0.15) is 18.4 Å². The highest BCUT2D eigenvalue weighted by Gasteiger charge is 2.31. The lowest BCUT2D eigenvalue weighted by atomic mass is 10.1. The van der Waals surface area contributed by atoms with E-state index in [1.807, 2.05) is 31.2 Å². The number of piperidine rings is 1. The van der Waals surface area contributed by atoms with Crippen LogP contribution in [0.2, 0.25) is 0 Å². The number of ether oxygens (including phenoxy) is 1. The number of nitrogens with zero attached hydrogens (tertiary/aromatic N) is 3. The molecule has 7 heteroatoms. The molecule has 2 heterocycles. The van der Waals surface area contributed by atoms with Gasteiger partial charge < -0.3 is 9.30 Å². The largest absolute Gasteiger partial charge is 0.490 e. The van der Waals surface area contributed by atoms with E-state index >= 15 is 0 Å². The van der Waals surface area contributed by atoms with Crippen molar-refractivity contribution < 1.29 is 13.2 Å². The Morgan fingerprint density at radius 1 is 1.17 bits per heavy atom. The van der Waals surface area contributed by atoms with Crippen LogP contribution in [-0.2, 0) is 17.1 Å². The van der Waals surface area contributed by atoms with Crippen LogP contribution in [-0.4, -0.2) is 41.5 Å². The summed E-state index contributed by atoms with van der Waals surface area (Å²) < 4.78 is 34.1. The Morgan fingerprint density at radius 3 is 2.39 bits per heavy atom. The maximum absolute atomic E-state index is 12.5. The van der Waals surface area contributed by atoms with Crippen molar-refractivity contribution in [2.45, 2.75) is 30.9 Å². The Balaban J connectivity index is 1.61. The van der Waals surface area contributed by atoms with Crippen molar-refractivity contribution in [1.82, 2.24) is 13.9 Å². The van der Waals surface area contributed by atoms with Gasteiger partial charge in [0.1, 0.15) is 11.9 Å². The molecule has 3 rings (SSSR count). The Labute approximate surface area is 136 Å². The van der Waals surface area contributed by atoms with E-state index in [2.05, 4.69) is 4.98 Å². The van der Waals surface area contributed by atoms with E-state index in [1.165, 1.54) is 22.4 Å². The smallest absolute Gasteiger partial charge is 0.262 e.